The Bertz CT molecular complexity index is 1020. The molecule has 1 saturated heterocycles. The second-order valence-electron chi connectivity index (χ2n) is 6.78. The lowest BCUT2D eigenvalue weighted by Gasteiger charge is -2.25. The number of hydrogen-bond acceptors (Lipinski definition) is 5. The van der Waals surface area contributed by atoms with Crippen LogP contribution in [0.1, 0.15) is 24.8 Å². The van der Waals surface area contributed by atoms with Crippen molar-refractivity contribution in [1.29, 1.82) is 0 Å². The van der Waals surface area contributed by atoms with E-state index in [-0.39, 0.29) is 0 Å². The van der Waals surface area contributed by atoms with Gasteiger partial charge in [0.15, 0.2) is 0 Å². The van der Waals surface area contributed by atoms with Crippen molar-refractivity contribution < 1.29 is 12.9 Å². The van der Waals surface area contributed by atoms with E-state index in [0.717, 1.165) is 36.0 Å². The summed E-state index contributed by atoms with van der Waals surface area (Å²) >= 11 is 0. The van der Waals surface area contributed by atoms with E-state index in [9.17, 15) is 8.42 Å². The predicted molar refractivity (Wildman–Crippen MR) is 103 cm³/mol. The molecule has 0 spiro atoms. The van der Waals surface area contributed by atoms with E-state index in [1.165, 1.54) is 0 Å². The summed E-state index contributed by atoms with van der Waals surface area (Å²) in [6.07, 6.45) is 2.93. The van der Waals surface area contributed by atoms with Gasteiger partial charge in [-0.05, 0) is 56.2 Å². The van der Waals surface area contributed by atoms with Crippen LogP contribution in [-0.2, 0) is 10.0 Å². The van der Waals surface area contributed by atoms with Crippen LogP contribution in [0.15, 0.2) is 57.9 Å². The van der Waals surface area contributed by atoms with Crippen molar-refractivity contribution >= 4 is 10.0 Å². The molecule has 4 rings (SSSR count). The fourth-order valence-electron chi connectivity index (χ4n) is 3.18. The number of aromatic nitrogens is 2. The first-order valence-electron chi connectivity index (χ1n) is 9.05. The Balaban J connectivity index is 1.57. The number of aryl methyl sites for hydroxylation is 1. The number of sulfonamides is 1. The van der Waals surface area contributed by atoms with Crippen molar-refractivity contribution in [3.05, 3.63) is 54.1 Å². The van der Waals surface area contributed by atoms with E-state index in [1.54, 1.807) is 28.6 Å². The van der Waals surface area contributed by atoms with E-state index in [1.807, 2.05) is 31.2 Å². The molecule has 1 fully saturated rings. The molecule has 7 heteroatoms. The second-order valence-corrected chi connectivity index (χ2v) is 8.72. The fraction of sp³-hybridized carbons (Fsp3) is 0.300. The third-order valence-electron chi connectivity index (χ3n) is 4.79. The first-order chi connectivity index (χ1) is 13.0. The molecule has 1 aliphatic rings. The molecule has 140 valence electrons. The quantitative estimate of drug-likeness (QED) is 0.683. The third-order valence-corrected chi connectivity index (χ3v) is 6.70. The van der Waals surface area contributed by atoms with Gasteiger partial charge in [-0.25, -0.2) is 8.42 Å². The van der Waals surface area contributed by atoms with Gasteiger partial charge in [-0.2, -0.15) is 9.29 Å². The van der Waals surface area contributed by atoms with Crippen molar-refractivity contribution in [3.8, 4) is 22.8 Å². The molecule has 0 unspecified atom stereocenters. The van der Waals surface area contributed by atoms with E-state index < -0.39 is 10.0 Å². The lowest BCUT2D eigenvalue weighted by Crippen LogP contribution is -2.35. The maximum absolute atomic E-state index is 12.7. The van der Waals surface area contributed by atoms with Gasteiger partial charge in [-0.1, -0.05) is 29.3 Å². The summed E-state index contributed by atoms with van der Waals surface area (Å²) in [5, 5.41) is 4.02. The molecule has 0 saturated carbocycles. The molecule has 0 radical (unpaired) electrons. The SMILES string of the molecule is Cc1ccc(-c2nc(-c3ccc(S(=O)(=O)N4CCCCC4)cc3)no2)cc1. The predicted octanol–water partition coefficient (Wildman–Crippen LogP) is 3.89. The molecule has 0 atom stereocenters. The van der Waals surface area contributed by atoms with Crippen LogP contribution in [-0.4, -0.2) is 36.0 Å². The fourth-order valence-corrected chi connectivity index (χ4v) is 4.70. The molecular formula is C20H21N3O3S. The number of hydrogen-bond donors (Lipinski definition) is 0. The maximum Gasteiger partial charge on any atom is 0.258 e. The smallest absolute Gasteiger partial charge is 0.258 e. The monoisotopic (exact) mass is 383 g/mol. The van der Waals surface area contributed by atoms with Gasteiger partial charge < -0.3 is 4.52 Å². The summed E-state index contributed by atoms with van der Waals surface area (Å²) < 4.78 is 32.4. The highest BCUT2D eigenvalue weighted by Crippen LogP contribution is 2.25. The van der Waals surface area contributed by atoms with Crippen LogP contribution in [0, 0.1) is 6.92 Å². The largest absolute Gasteiger partial charge is 0.334 e. The lowest BCUT2D eigenvalue weighted by atomic mass is 10.1. The summed E-state index contributed by atoms with van der Waals surface area (Å²) in [7, 11) is -3.43. The second kappa shape index (κ2) is 7.25. The van der Waals surface area contributed by atoms with Gasteiger partial charge in [0, 0.05) is 24.2 Å². The van der Waals surface area contributed by atoms with E-state index in [4.69, 9.17) is 4.52 Å². The van der Waals surface area contributed by atoms with E-state index in [2.05, 4.69) is 10.1 Å². The average Bonchev–Trinajstić information content (AvgIpc) is 3.19. The molecule has 1 aromatic heterocycles. The van der Waals surface area contributed by atoms with Crippen LogP contribution in [0.4, 0.5) is 0 Å². The minimum Gasteiger partial charge on any atom is -0.334 e. The number of piperidine rings is 1. The first kappa shape index (κ1) is 17.9. The van der Waals surface area contributed by atoms with E-state index in [0.29, 0.717) is 29.7 Å². The van der Waals surface area contributed by atoms with Gasteiger partial charge in [-0.3, -0.25) is 0 Å². The summed E-state index contributed by atoms with van der Waals surface area (Å²) in [6.45, 7) is 3.20. The molecule has 0 N–H and O–H groups in total. The van der Waals surface area contributed by atoms with Gasteiger partial charge in [0.05, 0.1) is 4.90 Å². The van der Waals surface area contributed by atoms with Crippen LogP contribution in [0.5, 0.6) is 0 Å². The molecule has 0 amide bonds. The summed E-state index contributed by atoms with van der Waals surface area (Å²) in [5.41, 5.74) is 2.72. The Morgan fingerprint density at radius 2 is 1.52 bits per heavy atom. The van der Waals surface area contributed by atoms with Gasteiger partial charge in [0.1, 0.15) is 0 Å². The minimum atomic E-state index is -3.43. The van der Waals surface area contributed by atoms with E-state index >= 15 is 0 Å². The molecule has 3 aromatic rings. The Morgan fingerprint density at radius 1 is 0.889 bits per heavy atom. The van der Waals surface area contributed by atoms with Gasteiger partial charge in [0.25, 0.3) is 5.89 Å². The molecule has 27 heavy (non-hydrogen) atoms. The van der Waals surface area contributed by atoms with Crippen molar-refractivity contribution in [2.24, 2.45) is 0 Å². The van der Waals surface area contributed by atoms with Gasteiger partial charge in [0.2, 0.25) is 15.8 Å². The van der Waals surface area contributed by atoms with Crippen LogP contribution in [0.2, 0.25) is 0 Å². The zero-order chi connectivity index (χ0) is 18.9. The summed E-state index contributed by atoms with van der Waals surface area (Å²) in [5.74, 6) is 0.877. The number of nitrogens with zero attached hydrogens (tertiary/aromatic N) is 3. The van der Waals surface area contributed by atoms with Crippen LogP contribution >= 0.6 is 0 Å². The van der Waals surface area contributed by atoms with Crippen molar-refractivity contribution in [1.82, 2.24) is 14.4 Å². The third kappa shape index (κ3) is 3.65. The lowest BCUT2D eigenvalue weighted by molar-refractivity contribution is 0.346. The Morgan fingerprint density at radius 3 is 2.19 bits per heavy atom. The Hall–Kier alpha value is -2.51. The molecule has 2 heterocycles. The van der Waals surface area contributed by atoms with Gasteiger partial charge >= 0.3 is 0 Å². The van der Waals surface area contributed by atoms with Crippen LogP contribution in [0.3, 0.4) is 0 Å². The van der Waals surface area contributed by atoms with Crippen LogP contribution in [0.25, 0.3) is 22.8 Å². The Kier molecular flexibility index (Phi) is 4.80. The molecule has 0 bridgehead atoms. The maximum atomic E-state index is 12.7. The topological polar surface area (TPSA) is 76.3 Å². The van der Waals surface area contributed by atoms with Crippen molar-refractivity contribution in [2.75, 3.05) is 13.1 Å². The van der Waals surface area contributed by atoms with Gasteiger partial charge in [-0.15, -0.1) is 0 Å². The minimum absolute atomic E-state index is 0.301. The zero-order valence-electron chi connectivity index (χ0n) is 15.1. The molecule has 1 aliphatic heterocycles. The summed E-state index contributed by atoms with van der Waals surface area (Å²) in [4.78, 5) is 4.73. The number of rotatable bonds is 4. The highest BCUT2D eigenvalue weighted by molar-refractivity contribution is 7.89. The number of benzene rings is 2. The highest BCUT2D eigenvalue weighted by Gasteiger charge is 2.25. The van der Waals surface area contributed by atoms with Crippen molar-refractivity contribution in [3.63, 3.8) is 0 Å². The van der Waals surface area contributed by atoms with Crippen molar-refractivity contribution in [2.45, 2.75) is 31.1 Å². The standard InChI is InChI=1S/C20H21N3O3S/c1-15-5-7-17(8-6-15)20-21-19(22-26-20)16-9-11-18(12-10-16)27(24,25)23-13-3-2-4-14-23/h5-12H,2-4,13-14H2,1H3. The molecule has 6 nitrogen and oxygen atoms in total. The summed E-state index contributed by atoms with van der Waals surface area (Å²) in [6, 6.07) is 14.5. The zero-order valence-corrected chi connectivity index (χ0v) is 15.9. The highest BCUT2D eigenvalue weighted by atomic mass is 32.2. The van der Waals surface area contributed by atoms with Crippen LogP contribution < -0.4 is 0 Å². The normalized spacial score (nSPS) is 15.7. The first-order valence-corrected chi connectivity index (χ1v) is 10.5. The molecular weight excluding hydrogens is 362 g/mol. The molecule has 0 aliphatic carbocycles. The Labute approximate surface area is 158 Å². The molecule has 2 aromatic carbocycles. The average molecular weight is 383 g/mol.